The third kappa shape index (κ3) is 6.01. The molecule has 8 atom stereocenters. The average molecular weight is 515 g/mol. The molecule has 204 valence electrons. The van der Waals surface area contributed by atoms with E-state index in [0.29, 0.717) is 12.8 Å². The molecule has 0 amide bonds. The number of fused-ring (bicyclic) bond motifs is 2. The molecule has 7 heteroatoms. The second kappa shape index (κ2) is 12.9. The SMILES string of the molecule is COC(=O)[C@@H]1[C@H]2CC/C=C\CC[C@@H]2[C@@H]1C(=O)OCCCCOC(=O)[C@H]1[C@H]2CC/C=C\CC[C@@H]2[C@H]1C(C)=O. The van der Waals surface area contributed by atoms with E-state index in [9.17, 15) is 19.2 Å². The number of methoxy groups -OCH3 is 1. The molecule has 0 saturated heterocycles. The minimum Gasteiger partial charge on any atom is -0.469 e. The molecule has 37 heavy (non-hydrogen) atoms. The average Bonchev–Trinajstić information content (AvgIpc) is 2.83. The van der Waals surface area contributed by atoms with E-state index in [1.165, 1.54) is 7.11 Å². The molecule has 0 aromatic heterocycles. The van der Waals surface area contributed by atoms with Crippen molar-refractivity contribution in [3.63, 3.8) is 0 Å². The van der Waals surface area contributed by atoms with Gasteiger partial charge in [-0.3, -0.25) is 19.2 Å². The Morgan fingerprint density at radius 1 is 0.595 bits per heavy atom. The molecule has 7 nitrogen and oxygen atoms in total. The van der Waals surface area contributed by atoms with Crippen molar-refractivity contribution in [1.29, 1.82) is 0 Å². The van der Waals surface area contributed by atoms with Gasteiger partial charge in [0.2, 0.25) is 0 Å². The van der Waals surface area contributed by atoms with E-state index in [-0.39, 0.29) is 72.4 Å². The van der Waals surface area contributed by atoms with E-state index < -0.39 is 11.8 Å². The first-order valence-electron chi connectivity index (χ1n) is 14.2. The van der Waals surface area contributed by atoms with Crippen LogP contribution >= 0.6 is 0 Å². The van der Waals surface area contributed by atoms with Gasteiger partial charge in [-0.15, -0.1) is 0 Å². The molecule has 0 N–H and O–H groups in total. The van der Waals surface area contributed by atoms with E-state index in [1.54, 1.807) is 6.92 Å². The Kier molecular flexibility index (Phi) is 9.60. The molecule has 0 heterocycles. The highest BCUT2D eigenvalue weighted by molar-refractivity contribution is 5.88. The lowest BCUT2D eigenvalue weighted by atomic mass is 9.52. The molecule has 4 rings (SSSR count). The van der Waals surface area contributed by atoms with Gasteiger partial charge in [0.25, 0.3) is 0 Å². The maximum Gasteiger partial charge on any atom is 0.310 e. The third-order valence-corrected chi connectivity index (χ3v) is 9.23. The smallest absolute Gasteiger partial charge is 0.310 e. The van der Waals surface area contributed by atoms with Gasteiger partial charge in [-0.1, -0.05) is 24.3 Å². The summed E-state index contributed by atoms with van der Waals surface area (Å²) >= 11 is 0. The fourth-order valence-electron chi connectivity index (χ4n) is 7.44. The molecule has 2 fully saturated rings. The lowest BCUT2D eigenvalue weighted by Gasteiger charge is -2.50. The van der Waals surface area contributed by atoms with Gasteiger partial charge in [0.15, 0.2) is 0 Å². The van der Waals surface area contributed by atoms with E-state index >= 15 is 0 Å². The summed E-state index contributed by atoms with van der Waals surface area (Å²) in [5.41, 5.74) is 0. The molecule has 0 aromatic rings. The van der Waals surface area contributed by atoms with Crippen molar-refractivity contribution in [3.8, 4) is 0 Å². The van der Waals surface area contributed by atoms with Crippen LogP contribution in [-0.2, 0) is 33.4 Å². The van der Waals surface area contributed by atoms with E-state index in [4.69, 9.17) is 14.2 Å². The number of allylic oxidation sites excluding steroid dienone is 4. The van der Waals surface area contributed by atoms with Crippen molar-refractivity contribution >= 4 is 23.7 Å². The second-order valence-corrected chi connectivity index (χ2v) is 11.2. The van der Waals surface area contributed by atoms with Crippen LogP contribution in [0.4, 0.5) is 0 Å². The second-order valence-electron chi connectivity index (χ2n) is 11.2. The molecular formula is C30H42O7. The molecule has 0 radical (unpaired) electrons. The van der Waals surface area contributed by atoms with E-state index in [1.807, 2.05) is 0 Å². The van der Waals surface area contributed by atoms with Gasteiger partial charge in [0.05, 0.1) is 38.1 Å². The maximum atomic E-state index is 12.9. The maximum absolute atomic E-state index is 12.9. The van der Waals surface area contributed by atoms with E-state index in [0.717, 1.165) is 51.4 Å². The third-order valence-electron chi connectivity index (χ3n) is 9.23. The number of ketones is 1. The standard InChI is InChI=1S/C30H42O7/c1-19(31)24-20-13-7-3-4-8-14-21(20)25(24)29(33)36-17-11-12-18-37-30(34)27-23-16-10-6-5-9-15-22(23)26(27)28(32)35-2/h3-6,20-27H,7-18H2,1-2H3/b4-3-,6-5-/t20-,21-,22-,23-,24+,25-,26+,27-/m0/s1. The van der Waals surface area contributed by atoms with Gasteiger partial charge >= 0.3 is 17.9 Å². The van der Waals surface area contributed by atoms with Crippen LogP contribution in [0.15, 0.2) is 24.3 Å². The van der Waals surface area contributed by atoms with Crippen LogP contribution in [0.3, 0.4) is 0 Å². The first-order chi connectivity index (χ1) is 18.0. The van der Waals surface area contributed by atoms with Crippen molar-refractivity contribution in [2.45, 2.75) is 71.1 Å². The van der Waals surface area contributed by atoms with Crippen molar-refractivity contribution in [1.82, 2.24) is 0 Å². The van der Waals surface area contributed by atoms with Crippen molar-refractivity contribution in [2.24, 2.45) is 47.3 Å². The number of hydrogen-bond donors (Lipinski definition) is 0. The summed E-state index contributed by atoms with van der Waals surface area (Å²) in [6.45, 7) is 2.07. The summed E-state index contributed by atoms with van der Waals surface area (Å²) < 4.78 is 16.1. The zero-order valence-corrected chi connectivity index (χ0v) is 22.3. The Hall–Kier alpha value is -2.44. The zero-order chi connectivity index (χ0) is 26.4. The van der Waals surface area contributed by atoms with Crippen molar-refractivity contribution in [3.05, 3.63) is 24.3 Å². The van der Waals surface area contributed by atoms with Crippen LogP contribution in [-0.4, -0.2) is 44.0 Å². The molecule has 0 unspecified atom stereocenters. The van der Waals surface area contributed by atoms with Crippen LogP contribution in [0.2, 0.25) is 0 Å². The van der Waals surface area contributed by atoms with Crippen LogP contribution in [0, 0.1) is 47.3 Å². The lowest BCUT2D eigenvalue weighted by Crippen LogP contribution is -2.55. The normalized spacial score (nSPS) is 36.3. The van der Waals surface area contributed by atoms with Crippen LogP contribution in [0.25, 0.3) is 0 Å². The highest BCUT2D eigenvalue weighted by Crippen LogP contribution is 2.53. The first-order valence-corrected chi connectivity index (χ1v) is 14.2. The summed E-state index contributed by atoms with van der Waals surface area (Å²) in [4.78, 5) is 50.4. The summed E-state index contributed by atoms with van der Waals surface area (Å²) in [5, 5.41) is 0. The summed E-state index contributed by atoms with van der Waals surface area (Å²) in [6, 6.07) is 0. The van der Waals surface area contributed by atoms with Crippen molar-refractivity contribution < 1.29 is 33.4 Å². The van der Waals surface area contributed by atoms with Gasteiger partial charge < -0.3 is 14.2 Å². The van der Waals surface area contributed by atoms with Gasteiger partial charge in [-0.2, -0.15) is 0 Å². The van der Waals surface area contributed by atoms with Gasteiger partial charge in [0, 0.05) is 5.92 Å². The lowest BCUT2D eigenvalue weighted by molar-refractivity contribution is -0.182. The number of unbranched alkanes of at least 4 members (excludes halogenated alkanes) is 1. The first kappa shape index (κ1) is 27.6. The molecule has 0 aromatic carbocycles. The Labute approximate surface area is 220 Å². The largest absolute Gasteiger partial charge is 0.469 e. The number of carbonyl (C=O) groups is 4. The van der Waals surface area contributed by atoms with Gasteiger partial charge in [0.1, 0.15) is 5.78 Å². The molecule has 2 saturated carbocycles. The zero-order valence-electron chi connectivity index (χ0n) is 22.3. The predicted octanol–water partition coefficient (Wildman–Crippen LogP) is 4.83. The number of esters is 3. The summed E-state index contributed by atoms with van der Waals surface area (Å²) in [6.07, 6.45) is 17.2. The minimum atomic E-state index is -0.435. The van der Waals surface area contributed by atoms with Gasteiger partial charge in [-0.05, 0) is 94.8 Å². The number of Topliss-reactive ketones (excluding diaryl/α,β-unsaturated/α-hetero) is 1. The fraction of sp³-hybridized carbons (Fsp3) is 0.733. The minimum absolute atomic E-state index is 0.0865. The highest BCUT2D eigenvalue weighted by atomic mass is 16.5. The Morgan fingerprint density at radius 3 is 1.32 bits per heavy atom. The number of carbonyl (C=O) groups excluding carboxylic acids is 4. The predicted molar refractivity (Wildman–Crippen MR) is 137 cm³/mol. The summed E-state index contributed by atoms with van der Waals surface area (Å²) in [5.74, 6) is -1.36. The van der Waals surface area contributed by atoms with Crippen LogP contribution in [0.5, 0.6) is 0 Å². The molecule has 4 aliphatic carbocycles. The van der Waals surface area contributed by atoms with Crippen LogP contribution < -0.4 is 0 Å². The van der Waals surface area contributed by atoms with Gasteiger partial charge in [-0.25, -0.2) is 0 Å². The highest BCUT2D eigenvalue weighted by Gasteiger charge is 2.58. The van der Waals surface area contributed by atoms with Crippen LogP contribution in [0.1, 0.15) is 71.1 Å². The monoisotopic (exact) mass is 514 g/mol. The molecule has 0 aliphatic heterocycles. The molecule has 0 bridgehead atoms. The Bertz CT molecular complexity index is 906. The molecule has 4 aliphatic rings. The van der Waals surface area contributed by atoms with Crippen molar-refractivity contribution in [2.75, 3.05) is 20.3 Å². The Morgan fingerprint density at radius 2 is 0.946 bits per heavy atom. The quantitative estimate of drug-likeness (QED) is 0.188. The number of rotatable bonds is 9. The number of hydrogen-bond acceptors (Lipinski definition) is 7. The molecular weight excluding hydrogens is 472 g/mol. The topological polar surface area (TPSA) is 96.0 Å². The molecule has 0 spiro atoms. The Balaban J connectivity index is 1.20. The number of ether oxygens (including phenoxy) is 3. The summed E-state index contributed by atoms with van der Waals surface area (Å²) in [7, 11) is 1.37. The fourth-order valence-corrected chi connectivity index (χ4v) is 7.44. The van der Waals surface area contributed by atoms with E-state index in [2.05, 4.69) is 24.3 Å².